The Balaban J connectivity index is 2.92. The maximum Gasteiger partial charge on any atom is 0.257 e. The van der Waals surface area contributed by atoms with E-state index < -0.39 is 10.0 Å². The van der Waals surface area contributed by atoms with Crippen molar-refractivity contribution in [1.29, 1.82) is 0 Å². The molecule has 0 radical (unpaired) electrons. The lowest BCUT2D eigenvalue weighted by Gasteiger charge is -2.11. The fourth-order valence-corrected chi connectivity index (χ4v) is 2.49. The molecule has 14 heavy (non-hydrogen) atoms. The molecule has 0 fully saturated rings. The quantitative estimate of drug-likeness (QED) is 0.798. The van der Waals surface area contributed by atoms with Crippen LogP contribution in [-0.2, 0) is 17.1 Å². The van der Waals surface area contributed by atoms with Gasteiger partial charge < -0.3 is 0 Å². The van der Waals surface area contributed by atoms with Gasteiger partial charge in [0.25, 0.3) is 10.0 Å². The molecule has 0 saturated carbocycles. The number of nitrogens with zero attached hydrogens (tertiary/aromatic N) is 2. The van der Waals surface area contributed by atoms with Crippen LogP contribution in [0.4, 0.5) is 0 Å². The lowest BCUT2D eigenvalue weighted by molar-refractivity contribution is 0.541. The Hall–Kier alpha value is -0.880. The first-order chi connectivity index (χ1) is 6.47. The van der Waals surface area contributed by atoms with Gasteiger partial charge in [0.15, 0.2) is 5.03 Å². The van der Waals surface area contributed by atoms with Crippen LogP contribution in [0.1, 0.15) is 20.3 Å². The summed E-state index contributed by atoms with van der Waals surface area (Å²) in [7, 11) is -1.81. The van der Waals surface area contributed by atoms with Crippen LogP contribution in [0.25, 0.3) is 0 Å². The van der Waals surface area contributed by atoms with Gasteiger partial charge in [-0.15, -0.1) is 0 Å². The molecule has 0 bridgehead atoms. The van der Waals surface area contributed by atoms with Gasteiger partial charge in [-0.1, -0.05) is 6.92 Å². The van der Waals surface area contributed by atoms with Crippen molar-refractivity contribution in [2.45, 2.75) is 31.3 Å². The highest BCUT2D eigenvalue weighted by Crippen LogP contribution is 2.07. The third-order valence-electron chi connectivity index (χ3n) is 2.02. The topological polar surface area (TPSA) is 64.0 Å². The molecule has 5 nitrogen and oxygen atoms in total. The first-order valence-corrected chi connectivity index (χ1v) is 5.96. The second-order valence-corrected chi connectivity index (χ2v) is 4.88. The van der Waals surface area contributed by atoms with Crippen LogP contribution in [0, 0.1) is 0 Å². The lowest BCUT2D eigenvalue weighted by Crippen LogP contribution is -2.33. The van der Waals surface area contributed by atoms with Gasteiger partial charge in [-0.2, -0.15) is 5.10 Å². The van der Waals surface area contributed by atoms with Crippen LogP contribution in [0.3, 0.4) is 0 Å². The number of aryl methyl sites for hydroxylation is 1. The molecule has 1 atom stereocenters. The lowest BCUT2D eigenvalue weighted by atomic mass is 10.3. The summed E-state index contributed by atoms with van der Waals surface area (Å²) in [6, 6.07) is 1.42. The summed E-state index contributed by atoms with van der Waals surface area (Å²) in [6.45, 7) is 3.75. The van der Waals surface area contributed by atoms with Gasteiger partial charge in [-0.25, -0.2) is 13.1 Å². The van der Waals surface area contributed by atoms with Crippen LogP contribution < -0.4 is 4.72 Å². The van der Waals surface area contributed by atoms with Crippen LogP contribution in [0.15, 0.2) is 17.3 Å². The number of hydrogen-bond donors (Lipinski definition) is 1. The van der Waals surface area contributed by atoms with Crippen molar-refractivity contribution in [3.8, 4) is 0 Å². The van der Waals surface area contributed by atoms with Gasteiger partial charge in [-0.3, -0.25) is 4.68 Å². The molecule has 1 rings (SSSR count). The second-order valence-electron chi connectivity index (χ2n) is 3.22. The van der Waals surface area contributed by atoms with Gasteiger partial charge in [0, 0.05) is 13.1 Å². The van der Waals surface area contributed by atoms with Crippen LogP contribution >= 0.6 is 0 Å². The Morgan fingerprint density at radius 1 is 1.64 bits per heavy atom. The Kier molecular flexibility index (Phi) is 3.28. The average Bonchev–Trinajstić information content (AvgIpc) is 2.51. The molecule has 0 aliphatic heterocycles. The van der Waals surface area contributed by atoms with E-state index in [2.05, 4.69) is 9.82 Å². The van der Waals surface area contributed by atoms with Crippen molar-refractivity contribution in [2.24, 2.45) is 7.05 Å². The van der Waals surface area contributed by atoms with E-state index in [-0.39, 0.29) is 11.1 Å². The molecule has 0 spiro atoms. The van der Waals surface area contributed by atoms with E-state index in [1.165, 1.54) is 16.9 Å². The highest BCUT2D eigenvalue weighted by molar-refractivity contribution is 7.89. The van der Waals surface area contributed by atoms with Gasteiger partial charge in [0.2, 0.25) is 0 Å². The largest absolute Gasteiger partial charge is 0.257 e. The minimum Gasteiger partial charge on any atom is -0.256 e. The van der Waals surface area contributed by atoms with Crippen molar-refractivity contribution >= 4 is 10.0 Å². The standard InChI is InChI=1S/C8H15N3O2S/c1-4-7(2)10-14(12,13)8-5-6-9-11(8)3/h5-7,10H,4H2,1-3H3. The molecule has 1 aromatic heterocycles. The van der Waals surface area contributed by atoms with Gasteiger partial charge in [-0.05, 0) is 19.4 Å². The first kappa shape index (κ1) is 11.2. The zero-order valence-corrected chi connectivity index (χ0v) is 9.37. The van der Waals surface area contributed by atoms with Crippen molar-refractivity contribution in [1.82, 2.24) is 14.5 Å². The molecule has 1 N–H and O–H groups in total. The predicted octanol–water partition coefficient (Wildman–Crippen LogP) is 0.497. The van der Waals surface area contributed by atoms with E-state index in [0.717, 1.165) is 6.42 Å². The molecular weight excluding hydrogens is 202 g/mol. The molecule has 1 heterocycles. The smallest absolute Gasteiger partial charge is 0.256 e. The fourth-order valence-electron chi connectivity index (χ4n) is 1.03. The number of hydrogen-bond acceptors (Lipinski definition) is 3. The zero-order valence-electron chi connectivity index (χ0n) is 8.56. The third-order valence-corrected chi connectivity index (χ3v) is 3.68. The first-order valence-electron chi connectivity index (χ1n) is 4.47. The van der Waals surface area contributed by atoms with E-state index in [1.54, 1.807) is 7.05 Å². The van der Waals surface area contributed by atoms with Gasteiger partial charge >= 0.3 is 0 Å². The van der Waals surface area contributed by atoms with Crippen molar-refractivity contribution < 1.29 is 8.42 Å². The van der Waals surface area contributed by atoms with E-state index in [4.69, 9.17) is 0 Å². The highest BCUT2D eigenvalue weighted by Gasteiger charge is 2.19. The molecule has 80 valence electrons. The SMILES string of the molecule is CCC(C)NS(=O)(=O)c1ccnn1C. The number of sulfonamides is 1. The molecule has 0 aliphatic rings. The van der Waals surface area contributed by atoms with Crippen molar-refractivity contribution in [3.05, 3.63) is 12.3 Å². The average molecular weight is 217 g/mol. The molecule has 1 aromatic rings. The molecule has 1 unspecified atom stereocenters. The number of nitrogens with one attached hydrogen (secondary N) is 1. The monoisotopic (exact) mass is 217 g/mol. The summed E-state index contributed by atoms with van der Waals surface area (Å²) in [4.78, 5) is 0. The molecule has 0 aliphatic carbocycles. The maximum atomic E-state index is 11.7. The summed E-state index contributed by atoms with van der Waals surface area (Å²) < 4.78 is 27.3. The fraction of sp³-hybridized carbons (Fsp3) is 0.625. The van der Waals surface area contributed by atoms with Gasteiger partial charge in [0.1, 0.15) is 0 Å². The van der Waals surface area contributed by atoms with E-state index in [0.29, 0.717) is 0 Å². The molecule has 0 saturated heterocycles. The van der Waals surface area contributed by atoms with Crippen LogP contribution in [0.2, 0.25) is 0 Å². The Morgan fingerprint density at radius 2 is 2.29 bits per heavy atom. The van der Waals surface area contributed by atoms with E-state index in [1.807, 2.05) is 13.8 Å². The molecule has 0 amide bonds. The summed E-state index contributed by atoms with van der Waals surface area (Å²) >= 11 is 0. The van der Waals surface area contributed by atoms with Crippen LogP contribution in [-0.4, -0.2) is 24.2 Å². The van der Waals surface area contributed by atoms with E-state index >= 15 is 0 Å². The normalized spacial score (nSPS) is 14.2. The summed E-state index contributed by atoms with van der Waals surface area (Å²) in [5.74, 6) is 0. The second kappa shape index (κ2) is 4.10. The zero-order chi connectivity index (χ0) is 10.8. The highest BCUT2D eigenvalue weighted by atomic mass is 32.2. The molecule has 0 aromatic carbocycles. The third kappa shape index (κ3) is 2.33. The number of aromatic nitrogens is 2. The Morgan fingerprint density at radius 3 is 2.71 bits per heavy atom. The van der Waals surface area contributed by atoms with Crippen molar-refractivity contribution in [3.63, 3.8) is 0 Å². The minimum atomic E-state index is -3.41. The summed E-state index contributed by atoms with van der Waals surface area (Å²) in [6.07, 6.45) is 2.22. The van der Waals surface area contributed by atoms with Crippen LogP contribution in [0.5, 0.6) is 0 Å². The number of rotatable bonds is 4. The molecular formula is C8H15N3O2S. The van der Waals surface area contributed by atoms with Gasteiger partial charge in [0.05, 0.1) is 6.20 Å². The summed E-state index contributed by atoms with van der Waals surface area (Å²) in [5.41, 5.74) is 0. The summed E-state index contributed by atoms with van der Waals surface area (Å²) in [5, 5.41) is 4.01. The Labute approximate surface area is 84.2 Å². The molecule has 6 heteroatoms. The minimum absolute atomic E-state index is 0.0603. The maximum absolute atomic E-state index is 11.7. The Bertz CT molecular complexity index is 396. The van der Waals surface area contributed by atoms with Crippen molar-refractivity contribution in [2.75, 3.05) is 0 Å². The predicted molar refractivity (Wildman–Crippen MR) is 53.3 cm³/mol. The van der Waals surface area contributed by atoms with E-state index in [9.17, 15) is 8.42 Å².